The average molecular weight is 368 g/mol. The van der Waals surface area contributed by atoms with Crippen LogP contribution >= 0.6 is 0 Å². The Hall–Kier alpha value is -3.29. The van der Waals surface area contributed by atoms with Crippen molar-refractivity contribution in [3.8, 4) is 0 Å². The third-order valence-corrected chi connectivity index (χ3v) is 4.42. The van der Waals surface area contributed by atoms with Gasteiger partial charge in [0.1, 0.15) is 11.6 Å². The third-order valence-electron chi connectivity index (χ3n) is 4.42. The number of nitrogens with zero attached hydrogens (tertiary/aromatic N) is 5. The fourth-order valence-corrected chi connectivity index (χ4v) is 3.04. The molecule has 0 amide bonds. The molecule has 1 fully saturated rings. The zero-order valence-electron chi connectivity index (χ0n) is 14.5. The molecule has 138 valence electrons. The lowest BCUT2D eigenvalue weighted by Gasteiger charge is -2.36. The number of halogens is 2. The molecule has 1 N–H and O–H groups in total. The van der Waals surface area contributed by atoms with Gasteiger partial charge >= 0.3 is 0 Å². The lowest BCUT2D eigenvalue weighted by Crippen LogP contribution is -2.46. The summed E-state index contributed by atoms with van der Waals surface area (Å²) >= 11 is 0. The maximum Gasteiger partial charge on any atom is 0.249 e. The van der Waals surface area contributed by atoms with Crippen molar-refractivity contribution >= 4 is 23.1 Å². The van der Waals surface area contributed by atoms with Crippen molar-refractivity contribution in [3.63, 3.8) is 0 Å². The quantitative estimate of drug-likeness (QED) is 0.763. The van der Waals surface area contributed by atoms with Crippen LogP contribution in [0.4, 0.5) is 31.9 Å². The Morgan fingerprint density at radius 3 is 2.33 bits per heavy atom. The Morgan fingerprint density at radius 1 is 0.852 bits per heavy atom. The van der Waals surface area contributed by atoms with Gasteiger partial charge in [0.2, 0.25) is 5.95 Å². The lowest BCUT2D eigenvalue weighted by molar-refractivity contribution is 0.624. The van der Waals surface area contributed by atoms with Gasteiger partial charge in [-0.25, -0.2) is 8.78 Å². The largest absolute Gasteiger partial charge is 0.368 e. The summed E-state index contributed by atoms with van der Waals surface area (Å²) in [6.45, 7) is 3.11. The maximum absolute atomic E-state index is 13.3. The van der Waals surface area contributed by atoms with Gasteiger partial charge in [-0.3, -0.25) is 0 Å². The van der Waals surface area contributed by atoms with E-state index in [2.05, 4.69) is 30.3 Å². The van der Waals surface area contributed by atoms with E-state index in [0.717, 1.165) is 31.9 Å². The molecule has 0 atom stereocenters. The molecule has 0 aliphatic carbocycles. The molecule has 1 aromatic heterocycles. The van der Waals surface area contributed by atoms with Crippen LogP contribution in [-0.4, -0.2) is 41.4 Å². The Labute approximate surface area is 155 Å². The number of anilines is 4. The number of hydrogen-bond donors (Lipinski definition) is 1. The molecule has 6 nitrogen and oxygen atoms in total. The van der Waals surface area contributed by atoms with Crippen LogP contribution in [0.1, 0.15) is 0 Å². The molecule has 0 unspecified atom stereocenters. The summed E-state index contributed by atoms with van der Waals surface area (Å²) < 4.78 is 26.4. The summed E-state index contributed by atoms with van der Waals surface area (Å²) in [4.78, 5) is 8.80. The van der Waals surface area contributed by atoms with Crippen molar-refractivity contribution < 1.29 is 8.78 Å². The van der Waals surface area contributed by atoms with E-state index < -0.39 is 0 Å². The van der Waals surface area contributed by atoms with E-state index >= 15 is 0 Å². The van der Waals surface area contributed by atoms with Gasteiger partial charge in [0, 0.05) is 37.6 Å². The first-order chi connectivity index (χ1) is 13.2. The minimum atomic E-state index is -0.332. The predicted molar refractivity (Wildman–Crippen MR) is 100 cm³/mol. The van der Waals surface area contributed by atoms with Gasteiger partial charge in [-0.15, -0.1) is 5.10 Å². The summed E-state index contributed by atoms with van der Waals surface area (Å²) in [6.07, 6.45) is 1.62. The molecule has 0 bridgehead atoms. The van der Waals surface area contributed by atoms with Gasteiger partial charge in [-0.05, 0) is 42.5 Å². The van der Waals surface area contributed by atoms with Gasteiger partial charge in [-0.1, -0.05) is 6.07 Å². The highest BCUT2D eigenvalue weighted by molar-refractivity contribution is 5.55. The highest BCUT2D eigenvalue weighted by Gasteiger charge is 2.19. The fraction of sp³-hybridized carbons (Fsp3) is 0.211. The van der Waals surface area contributed by atoms with E-state index in [1.54, 1.807) is 30.5 Å². The van der Waals surface area contributed by atoms with Gasteiger partial charge in [-0.2, -0.15) is 10.1 Å². The molecular formula is C19H18F2N6. The fourth-order valence-electron chi connectivity index (χ4n) is 3.04. The number of hydrogen-bond acceptors (Lipinski definition) is 6. The van der Waals surface area contributed by atoms with Gasteiger partial charge in [0.25, 0.3) is 0 Å². The standard InChI is InChI=1S/C19H18F2N6/c20-14-4-6-17(7-5-14)26-8-10-27(11-9-26)18-13-22-25-19(24-18)23-16-3-1-2-15(21)12-16/h1-7,12-13H,8-11H2,(H,23,24,25). The van der Waals surface area contributed by atoms with Crippen molar-refractivity contribution in [3.05, 3.63) is 66.4 Å². The highest BCUT2D eigenvalue weighted by atomic mass is 19.1. The molecule has 8 heteroatoms. The summed E-state index contributed by atoms with van der Waals surface area (Å²) in [5.74, 6) is 0.463. The average Bonchev–Trinajstić information content (AvgIpc) is 2.69. The normalized spacial score (nSPS) is 14.3. The SMILES string of the molecule is Fc1ccc(N2CCN(c3cnnc(Nc4cccc(F)c4)n3)CC2)cc1. The van der Waals surface area contributed by atoms with E-state index in [1.807, 2.05) is 0 Å². The molecule has 1 aliphatic heterocycles. The van der Waals surface area contributed by atoms with E-state index in [0.29, 0.717) is 17.5 Å². The highest BCUT2D eigenvalue weighted by Crippen LogP contribution is 2.20. The maximum atomic E-state index is 13.3. The lowest BCUT2D eigenvalue weighted by atomic mass is 10.2. The second-order valence-electron chi connectivity index (χ2n) is 6.22. The summed E-state index contributed by atoms with van der Waals surface area (Å²) in [6, 6.07) is 12.6. The van der Waals surface area contributed by atoms with Crippen molar-refractivity contribution in [2.45, 2.75) is 0 Å². The minimum Gasteiger partial charge on any atom is -0.368 e. The van der Waals surface area contributed by atoms with Crippen LogP contribution in [0.15, 0.2) is 54.7 Å². The van der Waals surface area contributed by atoms with Crippen LogP contribution in [0.2, 0.25) is 0 Å². The first kappa shape index (κ1) is 17.1. The van der Waals surface area contributed by atoms with E-state index in [-0.39, 0.29) is 11.6 Å². The van der Waals surface area contributed by atoms with E-state index in [4.69, 9.17) is 0 Å². The van der Waals surface area contributed by atoms with Crippen LogP contribution in [0, 0.1) is 11.6 Å². The molecule has 0 saturated carbocycles. The Bertz CT molecular complexity index is 910. The van der Waals surface area contributed by atoms with Crippen molar-refractivity contribution in [2.24, 2.45) is 0 Å². The van der Waals surface area contributed by atoms with Crippen molar-refractivity contribution in [1.82, 2.24) is 15.2 Å². The molecule has 1 saturated heterocycles. The van der Waals surface area contributed by atoms with Crippen molar-refractivity contribution in [1.29, 1.82) is 0 Å². The topological polar surface area (TPSA) is 57.2 Å². The zero-order chi connectivity index (χ0) is 18.6. The van der Waals surface area contributed by atoms with Crippen molar-refractivity contribution in [2.75, 3.05) is 41.3 Å². The molecule has 3 aromatic rings. The number of benzene rings is 2. The molecule has 1 aliphatic rings. The van der Waals surface area contributed by atoms with Crippen LogP contribution in [0.5, 0.6) is 0 Å². The van der Waals surface area contributed by atoms with E-state index in [9.17, 15) is 8.78 Å². The van der Waals surface area contributed by atoms with E-state index in [1.165, 1.54) is 24.3 Å². The Balaban J connectivity index is 1.42. The summed E-state index contributed by atoms with van der Waals surface area (Å²) in [5, 5.41) is 10.9. The van der Waals surface area contributed by atoms with Gasteiger partial charge in [0.05, 0.1) is 6.20 Å². The summed E-state index contributed by atoms with van der Waals surface area (Å²) in [7, 11) is 0. The van der Waals surface area contributed by atoms with Crippen LogP contribution in [0.3, 0.4) is 0 Å². The smallest absolute Gasteiger partial charge is 0.249 e. The number of rotatable bonds is 4. The first-order valence-corrected chi connectivity index (χ1v) is 8.65. The number of nitrogens with one attached hydrogen (secondary N) is 1. The molecular weight excluding hydrogens is 350 g/mol. The van der Waals surface area contributed by atoms with Gasteiger partial charge in [0.15, 0.2) is 5.82 Å². The molecule has 2 aromatic carbocycles. The number of aromatic nitrogens is 3. The Morgan fingerprint density at radius 2 is 1.59 bits per heavy atom. The molecule has 4 rings (SSSR count). The molecule has 0 radical (unpaired) electrons. The van der Waals surface area contributed by atoms with Gasteiger partial charge < -0.3 is 15.1 Å². The van der Waals surface area contributed by atoms with Crippen LogP contribution in [0.25, 0.3) is 0 Å². The van der Waals surface area contributed by atoms with Crippen LogP contribution in [-0.2, 0) is 0 Å². The monoisotopic (exact) mass is 368 g/mol. The van der Waals surface area contributed by atoms with Crippen LogP contribution < -0.4 is 15.1 Å². The number of piperazine rings is 1. The Kier molecular flexibility index (Phi) is 4.78. The molecule has 2 heterocycles. The second kappa shape index (κ2) is 7.53. The molecule has 27 heavy (non-hydrogen) atoms. The first-order valence-electron chi connectivity index (χ1n) is 8.65. The third kappa shape index (κ3) is 4.11. The second-order valence-corrected chi connectivity index (χ2v) is 6.22. The minimum absolute atomic E-state index is 0.234. The molecule has 0 spiro atoms. The summed E-state index contributed by atoms with van der Waals surface area (Å²) in [5.41, 5.74) is 1.57. The predicted octanol–water partition coefficient (Wildman–Crippen LogP) is 3.22. The zero-order valence-corrected chi connectivity index (χ0v) is 14.5.